The molecule has 2 nitrogen and oxygen atoms in total. The lowest BCUT2D eigenvalue weighted by Crippen LogP contribution is -2.36. The Morgan fingerprint density at radius 2 is 1.32 bits per heavy atom. The first-order valence-electron chi connectivity index (χ1n) is 8.08. The first-order valence-corrected chi connectivity index (χ1v) is 8.08. The largest absolute Gasteiger partial charge is 0.498 e. The molecule has 0 aromatic heterocycles. The van der Waals surface area contributed by atoms with Crippen LogP contribution in [0.1, 0.15) is 43.2 Å². The summed E-state index contributed by atoms with van der Waals surface area (Å²) in [4.78, 5) is 0. The van der Waals surface area contributed by atoms with Crippen LogP contribution >= 0.6 is 0 Å². The lowest BCUT2D eigenvalue weighted by molar-refractivity contribution is 0.284. The van der Waals surface area contributed by atoms with Gasteiger partial charge >= 0.3 is 6.07 Å². The van der Waals surface area contributed by atoms with Gasteiger partial charge in [-0.25, -0.2) is 0 Å². The zero-order valence-electron chi connectivity index (χ0n) is 12.7. The van der Waals surface area contributed by atoms with Gasteiger partial charge in [-0.3, -0.25) is 0 Å². The van der Waals surface area contributed by atoms with Gasteiger partial charge in [0, 0.05) is 5.01 Å². The second-order valence-electron chi connectivity index (χ2n) is 6.08. The van der Waals surface area contributed by atoms with E-state index >= 15 is 0 Å². The van der Waals surface area contributed by atoms with E-state index in [2.05, 4.69) is 35.3 Å². The molecule has 22 heavy (non-hydrogen) atoms. The van der Waals surface area contributed by atoms with Gasteiger partial charge in [0.05, 0.1) is 0 Å². The number of rotatable bonds is 3. The molecule has 0 spiro atoms. The standard InChI is InChI=1S/C20H21NO/c22-21-16-20(17-10-4-1-5-11-17,18-12-6-2-7-13-18)19-14-8-3-9-15-19/h1-2,4-7,10-13,19H,3,8-9,14-15H2. The SMILES string of the molecule is [O-][N+]#CC(c1ccccc1)(c1ccccc1)C1CCCCC1. The van der Waals surface area contributed by atoms with Gasteiger partial charge in [-0.05, 0) is 29.9 Å². The number of benzene rings is 2. The Morgan fingerprint density at radius 3 is 1.77 bits per heavy atom. The fourth-order valence-corrected chi connectivity index (χ4v) is 3.87. The third kappa shape index (κ3) is 2.60. The monoisotopic (exact) mass is 291 g/mol. The summed E-state index contributed by atoms with van der Waals surface area (Å²) < 4.78 is 0. The summed E-state index contributed by atoms with van der Waals surface area (Å²) in [6.45, 7) is 0. The van der Waals surface area contributed by atoms with Crippen LogP contribution in [0.15, 0.2) is 60.7 Å². The van der Waals surface area contributed by atoms with Crippen LogP contribution in [-0.4, -0.2) is 0 Å². The maximum absolute atomic E-state index is 11.2. The second-order valence-corrected chi connectivity index (χ2v) is 6.08. The maximum Gasteiger partial charge on any atom is 0.315 e. The summed E-state index contributed by atoms with van der Waals surface area (Å²) >= 11 is 0. The molecule has 0 N–H and O–H groups in total. The van der Waals surface area contributed by atoms with Crippen LogP contribution in [0.4, 0.5) is 0 Å². The van der Waals surface area contributed by atoms with Crippen molar-refractivity contribution in [3.05, 3.63) is 82.0 Å². The Morgan fingerprint density at radius 1 is 0.818 bits per heavy atom. The minimum Gasteiger partial charge on any atom is -0.498 e. The molecular formula is C20H21NO. The van der Waals surface area contributed by atoms with Crippen molar-refractivity contribution in [2.45, 2.75) is 37.5 Å². The van der Waals surface area contributed by atoms with E-state index in [-0.39, 0.29) is 0 Å². The number of nitrogens with zero attached hydrogens (tertiary/aromatic N) is 1. The van der Waals surface area contributed by atoms with Gasteiger partial charge in [0.15, 0.2) is 5.41 Å². The third-order valence-electron chi connectivity index (χ3n) is 4.90. The van der Waals surface area contributed by atoms with Crippen LogP contribution in [0.2, 0.25) is 0 Å². The molecule has 2 aromatic rings. The molecule has 1 aliphatic carbocycles. The molecule has 1 saturated carbocycles. The summed E-state index contributed by atoms with van der Waals surface area (Å²) in [7, 11) is 0. The molecule has 0 amide bonds. The molecule has 0 saturated heterocycles. The van der Waals surface area contributed by atoms with E-state index in [0.717, 1.165) is 24.0 Å². The number of hydrogen-bond acceptors (Lipinski definition) is 1. The van der Waals surface area contributed by atoms with Crippen molar-refractivity contribution in [3.8, 4) is 6.07 Å². The first-order chi connectivity index (χ1) is 10.9. The maximum atomic E-state index is 11.2. The smallest absolute Gasteiger partial charge is 0.315 e. The van der Waals surface area contributed by atoms with Crippen LogP contribution < -0.4 is 0 Å². The highest BCUT2D eigenvalue weighted by atomic mass is 16.4. The van der Waals surface area contributed by atoms with Gasteiger partial charge in [-0.2, -0.15) is 0 Å². The quantitative estimate of drug-likeness (QED) is 0.697. The minimum absolute atomic E-state index is 0.378. The van der Waals surface area contributed by atoms with Gasteiger partial charge < -0.3 is 5.21 Å². The van der Waals surface area contributed by atoms with E-state index in [1.54, 1.807) is 0 Å². The molecule has 0 atom stereocenters. The van der Waals surface area contributed by atoms with E-state index in [4.69, 9.17) is 0 Å². The average Bonchev–Trinajstić information content (AvgIpc) is 2.62. The van der Waals surface area contributed by atoms with Gasteiger partial charge in [-0.1, -0.05) is 79.9 Å². The van der Waals surface area contributed by atoms with Gasteiger partial charge in [-0.15, -0.1) is 0 Å². The third-order valence-corrected chi connectivity index (χ3v) is 4.90. The van der Waals surface area contributed by atoms with E-state index in [1.807, 2.05) is 36.4 Å². The van der Waals surface area contributed by atoms with Crippen LogP contribution in [0.5, 0.6) is 0 Å². The normalized spacial score (nSPS) is 15.8. The fourth-order valence-electron chi connectivity index (χ4n) is 3.87. The highest BCUT2D eigenvalue weighted by Gasteiger charge is 2.46. The zero-order valence-corrected chi connectivity index (χ0v) is 12.7. The molecule has 0 bridgehead atoms. The Labute approximate surface area is 132 Å². The minimum atomic E-state index is -0.523. The van der Waals surface area contributed by atoms with Crippen LogP contribution in [0.25, 0.3) is 5.01 Å². The van der Waals surface area contributed by atoms with Crippen LogP contribution in [-0.2, 0) is 5.41 Å². The first kappa shape index (κ1) is 14.7. The molecule has 0 aliphatic heterocycles. The molecule has 1 aliphatic rings. The second kappa shape index (κ2) is 6.66. The lowest BCUT2D eigenvalue weighted by atomic mass is 9.62. The van der Waals surface area contributed by atoms with Gasteiger partial charge in [0.2, 0.25) is 0 Å². The summed E-state index contributed by atoms with van der Waals surface area (Å²) in [6.07, 6.45) is 5.95. The van der Waals surface area contributed by atoms with Crippen molar-refractivity contribution < 1.29 is 0 Å². The Bertz CT molecular complexity index is 609. The van der Waals surface area contributed by atoms with Crippen molar-refractivity contribution in [2.75, 3.05) is 0 Å². The lowest BCUT2D eigenvalue weighted by Gasteiger charge is -2.36. The zero-order chi connectivity index (χ0) is 15.3. The molecule has 112 valence electrons. The van der Waals surface area contributed by atoms with Crippen molar-refractivity contribution >= 4 is 0 Å². The summed E-state index contributed by atoms with van der Waals surface area (Å²) in [5, 5.41) is 14.4. The Hall–Kier alpha value is -2.27. The van der Waals surface area contributed by atoms with Crippen molar-refractivity contribution in [1.29, 1.82) is 0 Å². The Balaban J connectivity index is 2.20. The highest BCUT2D eigenvalue weighted by molar-refractivity contribution is 5.48. The van der Waals surface area contributed by atoms with Crippen LogP contribution in [0, 0.1) is 17.2 Å². The molecule has 2 aromatic carbocycles. The van der Waals surface area contributed by atoms with Gasteiger partial charge in [0.1, 0.15) is 0 Å². The highest BCUT2D eigenvalue weighted by Crippen LogP contribution is 2.45. The van der Waals surface area contributed by atoms with E-state index < -0.39 is 5.41 Å². The summed E-state index contributed by atoms with van der Waals surface area (Å²) in [6, 6.07) is 23.5. The topological polar surface area (TPSA) is 27.4 Å². The van der Waals surface area contributed by atoms with Crippen molar-refractivity contribution in [3.63, 3.8) is 0 Å². The molecule has 2 heteroatoms. The summed E-state index contributed by atoms with van der Waals surface area (Å²) in [5.74, 6) is 0.378. The van der Waals surface area contributed by atoms with Crippen molar-refractivity contribution in [1.82, 2.24) is 0 Å². The molecule has 3 rings (SSSR count). The molecule has 0 radical (unpaired) electrons. The van der Waals surface area contributed by atoms with E-state index in [9.17, 15) is 5.21 Å². The Kier molecular flexibility index (Phi) is 4.44. The molecule has 0 heterocycles. The summed E-state index contributed by atoms with van der Waals surface area (Å²) in [5.41, 5.74) is 1.71. The molecule has 1 fully saturated rings. The predicted molar refractivity (Wildman–Crippen MR) is 90.9 cm³/mol. The number of hydrogen-bond donors (Lipinski definition) is 0. The van der Waals surface area contributed by atoms with E-state index in [0.29, 0.717) is 5.92 Å². The van der Waals surface area contributed by atoms with Crippen molar-refractivity contribution in [2.24, 2.45) is 5.92 Å². The molecule has 0 unspecified atom stereocenters. The predicted octanol–water partition coefficient (Wildman–Crippen LogP) is 5.38. The molecular weight excluding hydrogens is 270 g/mol. The van der Waals surface area contributed by atoms with Gasteiger partial charge in [0.25, 0.3) is 0 Å². The van der Waals surface area contributed by atoms with E-state index in [1.165, 1.54) is 19.3 Å². The fraction of sp³-hybridized carbons (Fsp3) is 0.350. The average molecular weight is 291 g/mol. The van der Waals surface area contributed by atoms with Crippen LogP contribution in [0.3, 0.4) is 0 Å².